The van der Waals surface area contributed by atoms with Crippen molar-refractivity contribution in [1.29, 1.82) is 0 Å². The van der Waals surface area contributed by atoms with E-state index in [1.165, 1.54) is 77.0 Å². The van der Waals surface area contributed by atoms with Gasteiger partial charge in [-0.25, -0.2) is 0 Å². The van der Waals surface area contributed by atoms with Crippen LogP contribution in [0.5, 0.6) is 0 Å². The second-order valence-electron chi connectivity index (χ2n) is 27.9. The fourth-order valence-corrected chi connectivity index (χ4v) is 12.4. The monoisotopic (exact) mass is 1070 g/mol. The van der Waals surface area contributed by atoms with Crippen LogP contribution in [0.1, 0.15) is 137 Å². The largest absolute Gasteiger partial charge is 0.309 e. The van der Waals surface area contributed by atoms with Gasteiger partial charge in [0, 0.05) is 38.6 Å². The SMILES string of the molecule is Cc1cc(N(c2ccc(-c3ccccc3)cc2)c2cccc(-n3c4ccc(C(C)(C)C)cc4c4cc(C(C)(C)C)ccc43)c2)c(Cl)c(N2c3ccc(C(C)(C)C)cc3-n3c4ccc(C(C)(C)C)cc4c4cc(C(C)(C)C)cc2c43)c1. The minimum atomic E-state index is -0.141. The molecule has 1 aliphatic rings. The van der Waals surface area contributed by atoms with Crippen LogP contribution >= 0.6 is 11.6 Å². The zero-order valence-electron chi connectivity index (χ0n) is 49.9. The lowest BCUT2D eigenvalue weighted by molar-refractivity contribution is 0.589. The van der Waals surface area contributed by atoms with Crippen molar-refractivity contribution in [3.8, 4) is 22.5 Å². The molecule has 0 N–H and O–H groups in total. The molecule has 0 spiro atoms. The van der Waals surface area contributed by atoms with Gasteiger partial charge in [0.05, 0.1) is 55.5 Å². The number of fused-ring (bicyclic) bond motifs is 8. The topological polar surface area (TPSA) is 16.3 Å². The molecule has 11 aromatic rings. The Kier molecular flexibility index (Phi) is 12.3. The van der Waals surface area contributed by atoms with Gasteiger partial charge in [0.15, 0.2) is 0 Å². The number of anilines is 6. The molecule has 404 valence electrons. The summed E-state index contributed by atoms with van der Waals surface area (Å²) in [6.07, 6.45) is 0. The number of nitrogens with zero attached hydrogens (tertiary/aromatic N) is 4. The van der Waals surface area contributed by atoms with E-state index in [2.05, 4.69) is 306 Å². The molecule has 0 aliphatic carbocycles. The highest BCUT2D eigenvalue weighted by Gasteiger charge is 2.35. The Morgan fingerprint density at radius 1 is 0.350 bits per heavy atom. The van der Waals surface area contributed by atoms with E-state index in [1.54, 1.807) is 0 Å². The van der Waals surface area contributed by atoms with Gasteiger partial charge in [-0.2, -0.15) is 0 Å². The van der Waals surface area contributed by atoms with Crippen molar-refractivity contribution >= 4 is 89.3 Å². The van der Waals surface area contributed by atoms with Gasteiger partial charge in [-0.1, -0.05) is 188 Å². The number of hydrogen-bond donors (Lipinski definition) is 0. The third-order valence-corrected chi connectivity index (χ3v) is 17.3. The summed E-state index contributed by atoms with van der Waals surface area (Å²) in [7, 11) is 0. The lowest BCUT2D eigenvalue weighted by Crippen LogP contribution is -2.22. The highest BCUT2D eigenvalue weighted by atomic mass is 35.5. The number of rotatable bonds is 6. The number of hydrogen-bond acceptors (Lipinski definition) is 2. The molecule has 9 aromatic carbocycles. The van der Waals surface area contributed by atoms with Gasteiger partial charge in [-0.05, 0) is 182 Å². The molecule has 0 amide bonds. The molecule has 0 fully saturated rings. The zero-order valence-corrected chi connectivity index (χ0v) is 50.7. The Hall–Kier alpha value is -7.53. The Balaban J connectivity index is 1.12. The van der Waals surface area contributed by atoms with E-state index in [9.17, 15) is 0 Å². The van der Waals surface area contributed by atoms with Crippen molar-refractivity contribution in [2.75, 3.05) is 9.80 Å². The molecular formula is C75H77ClN4. The minimum absolute atomic E-state index is 0.00568. The molecule has 12 rings (SSSR count). The van der Waals surface area contributed by atoms with Gasteiger partial charge in [0.1, 0.15) is 0 Å². The Morgan fingerprint density at radius 3 is 1.38 bits per heavy atom. The first-order valence-corrected chi connectivity index (χ1v) is 29.1. The lowest BCUT2D eigenvalue weighted by atomic mass is 9.84. The van der Waals surface area contributed by atoms with E-state index in [-0.39, 0.29) is 27.1 Å². The summed E-state index contributed by atoms with van der Waals surface area (Å²) in [5.74, 6) is 0. The third-order valence-electron chi connectivity index (χ3n) is 16.9. The van der Waals surface area contributed by atoms with E-state index >= 15 is 0 Å². The summed E-state index contributed by atoms with van der Waals surface area (Å²) >= 11 is 8.35. The van der Waals surface area contributed by atoms with Crippen LogP contribution in [0.25, 0.3) is 66.1 Å². The quantitative estimate of drug-likeness (QED) is 0.165. The first-order valence-electron chi connectivity index (χ1n) is 28.7. The van der Waals surface area contributed by atoms with Gasteiger partial charge in [-0.15, -0.1) is 0 Å². The van der Waals surface area contributed by atoms with Crippen LogP contribution in [-0.2, 0) is 27.1 Å². The van der Waals surface area contributed by atoms with Gasteiger partial charge in [0.25, 0.3) is 0 Å². The zero-order chi connectivity index (χ0) is 56.7. The van der Waals surface area contributed by atoms with E-state index in [1.807, 2.05) is 0 Å². The van der Waals surface area contributed by atoms with E-state index < -0.39 is 0 Å². The molecule has 0 atom stereocenters. The van der Waals surface area contributed by atoms with Crippen LogP contribution in [0.15, 0.2) is 176 Å². The maximum atomic E-state index is 8.35. The van der Waals surface area contributed by atoms with Crippen molar-refractivity contribution in [2.24, 2.45) is 0 Å². The van der Waals surface area contributed by atoms with Crippen molar-refractivity contribution in [3.05, 3.63) is 214 Å². The molecule has 4 nitrogen and oxygen atoms in total. The summed E-state index contributed by atoms with van der Waals surface area (Å²) in [5.41, 5.74) is 22.7. The van der Waals surface area contributed by atoms with E-state index in [0.29, 0.717) is 5.02 Å². The van der Waals surface area contributed by atoms with Crippen molar-refractivity contribution in [1.82, 2.24) is 9.13 Å². The molecule has 0 radical (unpaired) electrons. The normalized spacial score (nSPS) is 13.3. The summed E-state index contributed by atoms with van der Waals surface area (Å²) in [6, 6.07) is 66.5. The van der Waals surface area contributed by atoms with Gasteiger partial charge in [0.2, 0.25) is 0 Å². The van der Waals surface area contributed by atoms with Crippen LogP contribution in [0.2, 0.25) is 5.02 Å². The standard InChI is InChI=1S/C75H77ClN4/c1-46-37-66(69(76)67(38-46)79-64-36-30-52(74(11,12)13)43-65(64)80-63-35-29-51(73(8,9)10)41-59(63)60-42-53(75(14,15)16)44-68(79)70(60)80)77(54-31-25-48(26-32-54)47-21-18-17-19-22-47)55-23-20-24-56(45-55)78-61-33-27-49(71(2,3)4)39-57(61)58-40-50(72(5,6)7)28-34-62(58)78/h17-45H,1-16H3. The Labute approximate surface area is 480 Å². The predicted octanol–water partition coefficient (Wildman–Crippen LogP) is 22.3. The van der Waals surface area contributed by atoms with Gasteiger partial charge < -0.3 is 18.9 Å². The summed E-state index contributed by atoms with van der Waals surface area (Å²) in [4.78, 5) is 4.85. The van der Waals surface area contributed by atoms with Crippen LogP contribution in [-0.4, -0.2) is 9.13 Å². The predicted molar refractivity (Wildman–Crippen MR) is 347 cm³/mol. The van der Waals surface area contributed by atoms with Gasteiger partial charge >= 0.3 is 0 Å². The summed E-state index contributed by atoms with van der Waals surface area (Å²) in [6.45, 7) is 36.9. The summed E-state index contributed by atoms with van der Waals surface area (Å²) in [5, 5.41) is 5.70. The maximum absolute atomic E-state index is 8.35. The number of benzene rings is 9. The second-order valence-corrected chi connectivity index (χ2v) is 28.3. The van der Waals surface area contributed by atoms with Crippen LogP contribution in [0, 0.1) is 6.92 Å². The van der Waals surface area contributed by atoms with Crippen LogP contribution < -0.4 is 9.80 Å². The molecule has 0 bridgehead atoms. The average Bonchev–Trinajstić information content (AvgIpc) is 4.02. The molecule has 0 unspecified atom stereocenters. The molecule has 0 saturated carbocycles. The smallest absolute Gasteiger partial charge is 0.0887 e. The Morgan fingerprint density at radius 2 is 0.825 bits per heavy atom. The van der Waals surface area contributed by atoms with Crippen molar-refractivity contribution in [2.45, 2.75) is 138 Å². The first kappa shape index (κ1) is 53.1. The Bertz CT molecular complexity index is 4190. The first-order chi connectivity index (χ1) is 37.6. The molecule has 80 heavy (non-hydrogen) atoms. The minimum Gasteiger partial charge on any atom is -0.309 e. The van der Waals surface area contributed by atoms with E-state index in [0.717, 1.165) is 56.6 Å². The molecular weight excluding hydrogens is 992 g/mol. The average molecular weight is 1070 g/mol. The van der Waals surface area contributed by atoms with Crippen molar-refractivity contribution < 1.29 is 0 Å². The fourth-order valence-electron chi connectivity index (χ4n) is 12.1. The fraction of sp³-hybridized carbons (Fsp3) is 0.280. The third kappa shape index (κ3) is 8.99. The second kappa shape index (κ2) is 18.5. The van der Waals surface area contributed by atoms with E-state index in [4.69, 9.17) is 11.6 Å². The highest BCUT2D eigenvalue weighted by Crippen LogP contribution is 2.56. The van der Waals surface area contributed by atoms with Crippen LogP contribution in [0.3, 0.4) is 0 Å². The number of aromatic nitrogens is 2. The lowest BCUT2D eigenvalue weighted by Gasteiger charge is -2.37. The number of aryl methyl sites for hydroxylation is 1. The molecule has 2 aromatic heterocycles. The van der Waals surface area contributed by atoms with Gasteiger partial charge in [-0.3, -0.25) is 0 Å². The maximum Gasteiger partial charge on any atom is 0.0887 e. The van der Waals surface area contributed by atoms with Crippen LogP contribution in [0.4, 0.5) is 34.1 Å². The molecule has 5 heteroatoms. The molecule has 0 saturated heterocycles. The summed E-state index contributed by atoms with van der Waals surface area (Å²) < 4.78 is 5.00. The highest BCUT2D eigenvalue weighted by molar-refractivity contribution is 6.37. The molecule has 1 aliphatic heterocycles. The molecule has 3 heterocycles. The number of halogens is 1. The van der Waals surface area contributed by atoms with Crippen molar-refractivity contribution in [3.63, 3.8) is 0 Å².